The third-order valence-corrected chi connectivity index (χ3v) is 25.8. The van der Waals surface area contributed by atoms with E-state index >= 15 is 0 Å². The molecule has 18 aromatic carbocycles. The van der Waals surface area contributed by atoms with Crippen molar-refractivity contribution in [1.82, 2.24) is 0 Å². The standard InChI is InChI=1S/2C55H37NS/c1-4-16-38(17-5-1)39-30-33-44(34-31-39)56(43-21-8-3-9-22-43)45-23-14-18-40(36-45)46-26-15-27-49-50-37-42(32-35-53(50)57-54(46)49)55(41-19-6-2-7-20-41)51-28-12-10-24-47(51)48-25-11-13-29-52(48)55;1-4-16-38(17-5-1)39-30-33-44(34-31-39)56(43-21-8-3-9-22-43)45-23-14-18-40(36-45)46-26-15-29-52-54(46)49-35-32-42(37-53(49)57-52)55(41-19-6-2-7-20-41)50-27-12-10-24-47(50)48-25-11-13-28-51(48)55/h2*1-37H. The van der Waals surface area contributed by atoms with Crippen molar-refractivity contribution in [2.24, 2.45) is 0 Å². The van der Waals surface area contributed by atoms with E-state index in [1.807, 2.05) is 22.7 Å². The Hall–Kier alpha value is -14.0. The Morgan fingerprint density at radius 3 is 1.01 bits per heavy atom. The molecule has 20 aromatic rings. The summed E-state index contributed by atoms with van der Waals surface area (Å²) in [5.41, 5.74) is 31.4. The Morgan fingerprint density at radius 1 is 0.175 bits per heavy atom. The maximum Gasteiger partial charge on any atom is 0.0714 e. The van der Waals surface area contributed by atoms with Gasteiger partial charge in [0.1, 0.15) is 0 Å². The molecule has 0 spiro atoms. The third kappa shape index (κ3) is 11.4. The molecule has 536 valence electrons. The third-order valence-electron chi connectivity index (χ3n) is 23.5. The maximum absolute atomic E-state index is 2.48. The molecule has 22 rings (SSSR count). The topological polar surface area (TPSA) is 6.48 Å². The highest BCUT2D eigenvalue weighted by atomic mass is 32.1. The summed E-state index contributed by atoms with van der Waals surface area (Å²) in [6.45, 7) is 0. The molecule has 114 heavy (non-hydrogen) atoms. The summed E-state index contributed by atoms with van der Waals surface area (Å²) in [5, 5.41) is 5.19. The second-order valence-electron chi connectivity index (χ2n) is 29.7. The van der Waals surface area contributed by atoms with E-state index in [1.54, 1.807) is 0 Å². The number of benzene rings is 18. The molecule has 0 atom stereocenters. The highest BCUT2D eigenvalue weighted by Crippen LogP contribution is 2.59. The van der Waals surface area contributed by atoms with Gasteiger partial charge in [-0.2, -0.15) is 0 Å². The molecule has 0 N–H and O–H groups in total. The summed E-state index contributed by atoms with van der Waals surface area (Å²) in [5.74, 6) is 0. The van der Waals surface area contributed by atoms with E-state index in [0.29, 0.717) is 0 Å². The summed E-state index contributed by atoms with van der Waals surface area (Å²) >= 11 is 3.79. The van der Waals surface area contributed by atoms with Crippen molar-refractivity contribution in [2.45, 2.75) is 10.8 Å². The zero-order valence-corrected chi connectivity index (χ0v) is 64.1. The maximum atomic E-state index is 2.48. The highest BCUT2D eigenvalue weighted by Gasteiger charge is 2.48. The van der Waals surface area contributed by atoms with Gasteiger partial charge in [-0.1, -0.05) is 352 Å². The van der Waals surface area contributed by atoms with Crippen molar-refractivity contribution < 1.29 is 0 Å². The molecule has 0 unspecified atom stereocenters. The normalized spacial score (nSPS) is 12.7. The van der Waals surface area contributed by atoms with Crippen molar-refractivity contribution in [2.75, 3.05) is 9.80 Å². The summed E-state index contributed by atoms with van der Waals surface area (Å²) in [7, 11) is 0. The van der Waals surface area contributed by atoms with Gasteiger partial charge in [0, 0.05) is 74.5 Å². The molecule has 0 fully saturated rings. The predicted octanol–water partition coefficient (Wildman–Crippen LogP) is 30.4. The molecule has 2 aromatic heterocycles. The molecule has 0 aliphatic heterocycles. The lowest BCUT2D eigenvalue weighted by Gasteiger charge is -2.34. The van der Waals surface area contributed by atoms with Crippen LogP contribution in [0.3, 0.4) is 0 Å². The minimum absolute atomic E-state index is 0.420. The Morgan fingerprint density at radius 2 is 0.526 bits per heavy atom. The van der Waals surface area contributed by atoms with Gasteiger partial charge in [-0.05, 0) is 208 Å². The fourth-order valence-electron chi connectivity index (χ4n) is 18.5. The van der Waals surface area contributed by atoms with Gasteiger partial charge in [-0.3, -0.25) is 0 Å². The number of para-hydroxylation sites is 2. The van der Waals surface area contributed by atoms with Gasteiger partial charge in [0.2, 0.25) is 0 Å². The van der Waals surface area contributed by atoms with Gasteiger partial charge in [0.15, 0.2) is 0 Å². The molecule has 0 radical (unpaired) electrons. The van der Waals surface area contributed by atoms with Crippen LogP contribution in [-0.4, -0.2) is 0 Å². The number of hydrogen-bond acceptors (Lipinski definition) is 4. The van der Waals surface area contributed by atoms with Gasteiger partial charge in [-0.15, -0.1) is 22.7 Å². The van der Waals surface area contributed by atoms with Crippen molar-refractivity contribution in [3.63, 3.8) is 0 Å². The summed E-state index contributed by atoms with van der Waals surface area (Å²) in [6, 6.07) is 165. The van der Waals surface area contributed by atoms with Crippen molar-refractivity contribution in [1.29, 1.82) is 0 Å². The van der Waals surface area contributed by atoms with Gasteiger partial charge in [-0.25, -0.2) is 0 Å². The summed E-state index contributed by atoms with van der Waals surface area (Å²) in [6.07, 6.45) is 0. The zero-order valence-electron chi connectivity index (χ0n) is 62.4. The second-order valence-corrected chi connectivity index (χ2v) is 31.8. The number of thiophene rings is 2. The Kier molecular flexibility index (Phi) is 17.1. The van der Waals surface area contributed by atoms with Crippen LogP contribution in [0, 0.1) is 0 Å². The van der Waals surface area contributed by atoms with Crippen LogP contribution in [0.4, 0.5) is 34.1 Å². The number of anilines is 6. The van der Waals surface area contributed by atoms with Gasteiger partial charge < -0.3 is 9.80 Å². The van der Waals surface area contributed by atoms with Crippen molar-refractivity contribution in [3.8, 4) is 66.8 Å². The van der Waals surface area contributed by atoms with Crippen LogP contribution < -0.4 is 9.80 Å². The molecule has 0 amide bonds. The monoisotopic (exact) mass is 1490 g/mol. The van der Waals surface area contributed by atoms with Crippen LogP contribution in [0.2, 0.25) is 0 Å². The van der Waals surface area contributed by atoms with E-state index in [-0.39, 0.29) is 0 Å². The molecule has 2 heterocycles. The molecule has 0 bridgehead atoms. The molecule has 2 aliphatic rings. The van der Waals surface area contributed by atoms with Crippen LogP contribution in [0.25, 0.3) is 107 Å². The Balaban J connectivity index is 0.000000143. The van der Waals surface area contributed by atoms with Crippen LogP contribution in [0.5, 0.6) is 0 Å². The zero-order chi connectivity index (χ0) is 75.5. The Bertz CT molecular complexity index is 6860. The first-order valence-corrected chi connectivity index (χ1v) is 40.8. The van der Waals surface area contributed by atoms with Crippen molar-refractivity contribution >= 4 is 97.1 Å². The fourth-order valence-corrected chi connectivity index (χ4v) is 20.9. The number of nitrogens with zero attached hydrogens (tertiary/aromatic N) is 2. The minimum atomic E-state index is -0.428. The smallest absolute Gasteiger partial charge is 0.0714 e. The first-order chi connectivity index (χ1) is 56.5. The fraction of sp³-hybridized carbons (Fsp3) is 0.0182. The van der Waals surface area contributed by atoms with Crippen LogP contribution >= 0.6 is 22.7 Å². The first-order valence-electron chi connectivity index (χ1n) is 39.2. The van der Waals surface area contributed by atoms with Crippen LogP contribution in [0.15, 0.2) is 449 Å². The first kappa shape index (κ1) is 68.1. The average Bonchev–Trinajstić information content (AvgIpc) is 1.54. The SMILES string of the molecule is c1ccc(-c2ccc(N(c3ccccc3)c3cccc(-c4cccc5c4sc4ccc(C6(c7ccccc7)c7ccccc7-c7ccccc76)cc45)c3)cc2)cc1.c1ccc(-c2ccc(N(c3ccccc3)c3cccc(-c4cccc5sc6cc(C7(c8ccccc8)c8ccccc8-c8ccccc87)ccc6c45)c3)cc2)cc1. The highest BCUT2D eigenvalue weighted by molar-refractivity contribution is 7.26. The minimum Gasteiger partial charge on any atom is -0.310 e. The number of fused-ring (bicyclic) bond motifs is 12. The number of hydrogen-bond donors (Lipinski definition) is 0. The second kappa shape index (κ2) is 28.7. The average molecular weight is 1490 g/mol. The van der Waals surface area contributed by atoms with Gasteiger partial charge in [0.05, 0.1) is 10.8 Å². The van der Waals surface area contributed by atoms with Gasteiger partial charge >= 0.3 is 0 Å². The van der Waals surface area contributed by atoms with E-state index in [9.17, 15) is 0 Å². The van der Waals surface area contributed by atoms with Gasteiger partial charge in [0.25, 0.3) is 0 Å². The van der Waals surface area contributed by atoms with Crippen LogP contribution in [-0.2, 0) is 10.8 Å². The molecular weight excluding hydrogens is 1410 g/mol. The quantitative estimate of drug-likeness (QED) is 0.107. The largest absolute Gasteiger partial charge is 0.310 e. The predicted molar refractivity (Wildman–Crippen MR) is 484 cm³/mol. The summed E-state index contributed by atoms with van der Waals surface area (Å²) < 4.78 is 5.20. The molecule has 4 heteroatoms. The molecule has 2 aliphatic carbocycles. The lowest BCUT2D eigenvalue weighted by atomic mass is 9.67. The molecular formula is C110H74N2S2. The molecule has 2 nitrogen and oxygen atoms in total. The van der Waals surface area contributed by atoms with E-state index in [0.717, 1.165) is 34.1 Å². The van der Waals surface area contributed by atoms with Crippen LogP contribution in [0.1, 0.15) is 44.5 Å². The lowest BCUT2D eigenvalue weighted by Crippen LogP contribution is -2.28. The van der Waals surface area contributed by atoms with E-state index in [1.165, 1.54) is 152 Å². The number of rotatable bonds is 14. The van der Waals surface area contributed by atoms with Crippen molar-refractivity contribution in [3.05, 3.63) is 493 Å². The Labute approximate surface area is 673 Å². The van der Waals surface area contributed by atoms with E-state index < -0.39 is 10.8 Å². The lowest BCUT2D eigenvalue weighted by molar-refractivity contribution is 0.770. The summed E-state index contributed by atoms with van der Waals surface area (Å²) in [4.78, 5) is 4.71. The van der Waals surface area contributed by atoms with E-state index in [2.05, 4.69) is 459 Å². The molecule has 0 saturated heterocycles. The molecule has 0 saturated carbocycles. The van der Waals surface area contributed by atoms with E-state index in [4.69, 9.17) is 0 Å².